The first-order valence-corrected chi connectivity index (χ1v) is 8.12. The average molecular weight is 259 g/mol. The summed E-state index contributed by atoms with van der Waals surface area (Å²) in [6.07, 6.45) is 8.06. The Balaban J connectivity index is 1.70. The van der Waals surface area contributed by atoms with E-state index in [1.165, 1.54) is 31.6 Å². The molecule has 0 amide bonds. The van der Waals surface area contributed by atoms with Gasteiger partial charge in [-0.1, -0.05) is 0 Å². The van der Waals surface area contributed by atoms with E-state index < -0.39 is 0 Å². The second kappa shape index (κ2) is 6.41. The van der Waals surface area contributed by atoms with Gasteiger partial charge >= 0.3 is 0 Å². The fourth-order valence-electron chi connectivity index (χ4n) is 2.91. The van der Waals surface area contributed by atoms with Crippen LogP contribution < -0.4 is 0 Å². The molecule has 1 aliphatic carbocycles. The second-order valence-corrected chi connectivity index (χ2v) is 6.15. The summed E-state index contributed by atoms with van der Waals surface area (Å²) < 4.78 is 11.5. The maximum atomic E-state index is 5.76. The van der Waals surface area contributed by atoms with Crippen molar-refractivity contribution >= 4 is 11.8 Å². The number of rotatable bonds is 5. The Morgan fingerprint density at radius 2 is 1.88 bits per heavy atom. The monoisotopic (exact) mass is 259 g/mol. The molecule has 3 nitrogen and oxygen atoms in total. The molecule has 1 aliphatic heterocycles. The molecule has 0 aromatic heterocycles. The molecular weight excluding hydrogens is 234 g/mol. The molecule has 1 saturated carbocycles. The lowest BCUT2D eigenvalue weighted by Gasteiger charge is -2.39. The second-order valence-electron chi connectivity index (χ2n) is 5.17. The lowest BCUT2D eigenvalue weighted by Crippen LogP contribution is -2.43. The van der Waals surface area contributed by atoms with Crippen molar-refractivity contribution in [3.05, 3.63) is 0 Å². The molecule has 2 aliphatic rings. The normalized spacial score (nSPS) is 24.9. The Labute approximate surface area is 109 Å². The Bertz CT molecular complexity index is 221. The molecule has 1 heterocycles. The van der Waals surface area contributed by atoms with Gasteiger partial charge in [-0.05, 0) is 44.9 Å². The molecular formula is C13H25NO2S. The molecule has 0 atom stereocenters. The van der Waals surface area contributed by atoms with Crippen molar-refractivity contribution in [2.24, 2.45) is 0 Å². The van der Waals surface area contributed by atoms with Crippen LogP contribution in [0.2, 0.25) is 0 Å². The van der Waals surface area contributed by atoms with Crippen LogP contribution in [0.15, 0.2) is 0 Å². The first kappa shape index (κ1) is 13.7. The molecule has 0 aromatic carbocycles. The maximum Gasteiger partial charge on any atom is 0.168 e. The van der Waals surface area contributed by atoms with Gasteiger partial charge in [0.2, 0.25) is 0 Å². The molecule has 0 N–H and O–H groups in total. The van der Waals surface area contributed by atoms with Crippen LogP contribution >= 0.6 is 11.8 Å². The lowest BCUT2D eigenvalue weighted by molar-refractivity contribution is -0.183. The third-order valence-corrected chi connectivity index (χ3v) is 4.71. The van der Waals surface area contributed by atoms with Crippen LogP contribution in [0.25, 0.3) is 0 Å². The number of ether oxygens (including phenoxy) is 2. The summed E-state index contributed by atoms with van der Waals surface area (Å²) in [6, 6.07) is 0.732. The Kier molecular flexibility index (Phi) is 5.15. The molecule has 0 aromatic rings. The average Bonchev–Trinajstić information content (AvgIpc) is 2.79. The summed E-state index contributed by atoms with van der Waals surface area (Å²) in [5.41, 5.74) is 0. The number of hydrogen-bond acceptors (Lipinski definition) is 4. The van der Waals surface area contributed by atoms with Crippen molar-refractivity contribution in [1.82, 2.24) is 4.90 Å². The topological polar surface area (TPSA) is 21.7 Å². The predicted molar refractivity (Wildman–Crippen MR) is 72.5 cm³/mol. The van der Waals surface area contributed by atoms with Crippen LogP contribution in [0.1, 0.15) is 32.1 Å². The Morgan fingerprint density at radius 3 is 2.47 bits per heavy atom. The van der Waals surface area contributed by atoms with E-state index in [0.29, 0.717) is 0 Å². The molecule has 0 radical (unpaired) electrons. The van der Waals surface area contributed by atoms with Crippen LogP contribution in [0.5, 0.6) is 0 Å². The molecule has 0 unspecified atom stereocenters. The highest BCUT2D eigenvalue weighted by Gasteiger charge is 2.40. The SMILES string of the molecule is CSCCCN(C)C1CCC2(CC1)OCCO2. The summed E-state index contributed by atoms with van der Waals surface area (Å²) in [5, 5.41) is 0. The van der Waals surface area contributed by atoms with Crippen molar-refractivity contribution in [1.29, 1.82) is 0 Å². The summed E-state index contributed by atoms with van der Waals surface area (Å²) in [5.74, 6) is 1.07. The zero-order valence-electron chi connectivity index (χ0n) is 11.1. The maximum absolute atomic E-state index is 5.76. The third-order valence-electron chi connectivity index (χ3n) is 4.01. The van der Waals surface area contributed by atoms with Gasteiger partial charge in [0.05, 0.1) is 13.2 Å². The van der Waals surface area contributed by atoms with Crippen molar-refractivity contribution < 1.29 is 9.47 Å². The minimum absolute atomic E-state index is 0.198. The molecule has 17 heavy (non-hydrogen) atoms. The van der Waals surface area contributed by atoms with Gasteiger partial charge in [0.15, 0.2) is 5.79 Å². The van der Waals surface area contributed by atoms with Crippen molar-refractivity contribution in [3.63, 3.8) is 0 Å². The van der Waals surface area contributed by atoms with Crippen LogP contribution in [-0.4, -0.2) is 55.5 Å². The molecule has 1 spiro atoms. The van der Waals surface area contributed by atoms with Crippen LogP contribution in [0, 0.1) is 0 Å². The summed E-state index contributed by atoms with van der Waals surface area (Å²) in [7, 11) is 2.26. The van der Waals surface area contributed by atoms with Gasteiger partial charge in [-0.15, -0.1) is 0 Å². The van der Waals surface area contributed by atoms with Gasteiger partial charge in [0.25, 0.3) is 0 Å². The van der Waals surface area contributed by atoms with Crippen LogP contribution in [0.4, 0.5) is 0 Å². The summed E-state index contributed by atoms with van der Waals surface area (Å²) in [4.78, 5) is 2.53. The lowest BCUT2D eigenvalue weighted by atomic mass is 9.89. The molecule has 2 fully saturated rings. The molecule has 0 bridgehead atoms. The Hall–Kier alpha value is 0.230. The van der Waals surface area contributed by atoms with E-state index in [9.17, 15) is 0 Å². The smallest absolute Gasteiger partial charge is 0.168 e. The van der Waals surface area contributed by atoms with Gasteiger partial charge in [0, 0.05) is 18.9 Å². The largest absolute Gasteiger partial charge is 0.348 e. The van der Waals surface area contributed by atoms with Crippen molar-refractivity contribution in [2.75, 3.05) is 38.8 Å². The van der Waals surface area contributed by atoms with Gasteiger partial charge in [0.1, 0.15) is 0 Å². The Morgan fingerprint density at radius 1 is 1.24 bits per heavy atom. The minimum atomic E-state index is -0.198. The standard InChI is InChI=1S/C13H25NO2S/c1-14(8-3-11-17-2)12-4-6-13(7-5-12)15-9-10-16-13/h12H,3-11H2,1-2H3. The van der Waals surface area contributed by atoms with E-state index in [1.807, 2.05) is 11.8 Å². The van der Waals surface area contributed by atoms with Crippen LogP contribution in [-0.2, 0) is 9.47 Å². The first-order valence-electron chi connectivity index (χ1n) is 6.73. The summed E-state index contributed by atoms with van der Waals surface area (Å²) >= 11 is 1.94. The molecule has 100 valence electrons. The highest BCUT2D eigenvalue weighted by molar-refractivity contribution is 7.98. The van der Waals surface area contributed by atoms with Crippen molar-refractivity contribution in [3.8, 4) is 0 Å². The first-order chi connectivity index (χ1) is 8.26. The fourth-order valence-corrected chi connectivity index (χ4v) is 3.33. The quantitative estimate of drug-likeness (QED) is 0.707. The van der Waals surface area contributed by atoms with Gasteiger partial charge < -0.3 is 14.4 Å². The molecule has 4 heteroatoms. The number of thioether (sulfide) groups is 1. The van der Waals surface area contributed by atoms with E-state index in [-0.39, 0.29) is 5.79 Å². The number of nitrogens with zero attached hydrogens (tertiary/aromatic N) is 1. The van der Waals surface area contributed by atoms with Crippen LogP contribution in [0.3, 0.4) is 0 Å². The highest BCUT2D eigenvalue weighted by Crippen LogP contribution is 2.37. The predicted octanol–water partition coefficient (Wildman–Crippen LogP) is 2.36. The molecule has 2 rings (SSSR count). The van der Waals surface area contributed by atoms with E-state index in [0.717, 1.165) is 32.1 Å². The fraction of sp³-hybridized carbons (Fsp3) is 1.00. The van der Waals surface area contributed by atoms with E-state index in [1.54, 1.807) is 0 Å². The van der Waals surface area contributed by atoms with E-state index in [2.05, 4.69) is 18.2 Å². The van der Waals surface area contributed by atoms with Crippen molar-refractivity contribution in [2.45, 2.75) is 43.9 Å². The molecule has 1 saturated heterocycles. The zero-order chi connectivity index (χ0) is 12.1. The van der Waals surface area contributed by atoms with Gasteiger partial charge in [-0.25, -0.2) is 0 Å². The van der Waals surface area contributed by atoms with Gasteiger partial charge in [-0.2, -0.15) is 11.8 Å². The third kappa shape index (κ3) is 3.60. The highest BCUT2D eigenvalue weighted by atomic mass is 32.2. The minimum Gasteiger partial charge on any atom is -0.348 e. The van der Waals surface area contributed by atoms with Gasteiger partial charge in [-0.3, -0.25) is 0 Å². The number of hydrogen-bond donors (Lipinski definition) is 0. The van der Waals surface area contributed by atoms with E-state index in [4.69, 9.17) is 9.47 Å². The summed E-state index contributed by atoms with van der Waals surface area (Å²) in [6.45, 7) is 2.79. The van der Waals surface area contributed by atoms with E-state index >= 15 is 0 Å². The zero-order valence-corrected chi connectivity index (χ0v) is 11.9.